The van der Waals surface area contributed by atoms with Crippen LogP contribution in [0.2, 0.25) is 0 Å². The second kappa shape index (κ2) is 8.24. The standard InChI is InChI=1S/C24H23N3O2S/c1-15-4-7-18(8-5-15)19-13-30-23-22(19)24(29)27(14-25-23)11-10-21(28)26-20-9-6-16(2)12-17(20)3/h4-9,12-14H,10-11H2,1-3H3,(H,26,28). The quantitative estimate of drug-likeness (QED) is 0.493. The molecule has 30 heavy (non-hydrogen) atoms. The maximum atomic E-state index is 13.1. The van der Waals surface area contributed by atoms with Gasteiger partial charge in [-0.1, -0.05) is 47.5 Å². The van der Waals surface area contributed by atoms with Crippen molar-refractivity contribution in [3.8, 4) is 11.1 Å². The van der Waals surface area contributed by atoms with Crippen molar-refractivity contribution in [1.29, 1.82) is 0 Å². The Labute approximate surface area is 179 Å². The Morgan fingerprint density at radius 1 is 1.07 bits per heavy atom. The number of amides is 1. The number of nitrogens with zero attached hydrogens (tertiary/aromatic N) is 2. The van der Waals surface area contributed by atoms with E-state index >= 15 is 0 Å². The highest BCUT2D eigenvalue weighted by atomic mass is 32.1. The summed E-state index contributed by atoms with van der Waals surface area (Å²) in [5, 5.41) is 5.51. The van der Waals surface area contributed by atoms with E-state index in [1.54, 1.807) is 0 Å². The van der Waals surface area contributed by atoms with Gasteiger partial charge in [0, 0.05) is 29.6 Å². The minimum absolute atomic E-state index is 0.115. The zero-order valence-corrected chi connectivity index (χ0v) is 18.0. The van der Waals surface area contributed by atoms with E-state index in [9.17, 15) is 9.59 Å². The molecule has 0 saturated carbocycles. The van der Waals surface area contributed by atoms with E-state index in [1.807, 2.05) is 68.6 Å². The number of benzene rings is 2. The van der Waals surface area contributed by atoms with Crippen LogP contribution >= 0.6 is 11.3 Å². The molecule has 0 aliphatic heterocycles. The van der Waals surface area contributed by atoms with Crippen molar-refractivity contribution >= 4 is 33.1 Å². The molecule has 4 aromatic rings. The Morgan fingerprint density at radius 2 is 1.80 bits per heavy atom. The summed E-state index contributed by atoms with van der Waals surface area (Å²) in [6, 6.07) is 14.0. The molecule has 152 valence electrons. The van der Waals surface area contributed by atoms with E-state index in [-0.39, 0.29) is 24.4 Å². The molecule has 0 aliphatic carbocycles. The van der Waals surface area contributed by atoms with Crippen LogP contribution in [-0.2, 0) is 11.3 Å². The lowest BCUT2D eigenvalue weighted by Crippen LogP contribution is -2.23. The van der Waals surface area contributed by atoms with Gasteiger partial charge in [-0.3, -0.25) is 14.2 Å². The largest absolute Gasteiger partial charge is 0.326 e. The van der Waals surface area contributed by atoms with Crippen molar-refractivity contribution in [1.82, 2.24) is 9.55 Å². The molecule has 0 radical (unpaired) electrons. The minimum atomic E-state index is -0.127. The lowest BCUT2D eigenvalue weighted by molar-refractivity contribution is -0.116. The van der Waals surface area contributed by atoms with Crippen LogP contribution in [0.4, 0.5) is 5.69 Å². The van der Waals surface area contributed by atoms with Gasteiger partial charge in [-0.25, -0.2) is 4.98 Å². The van der Waals surface area contributed by atoms with Crippen molar-refractivity contribution in [2.75, 3.05) is 5.32 Å². The Morgan fingerprint density at radius 3 is 2.53 bits per heavy atom. The molecule has 0 aliphatic rings. The normalized spacial score (nSPS) is 11.0. The van der Waals surface area contributed by atoms with E-state index < -0.39 is 0 Å². The molecule has 0 fully saturated rings. The smallest absolute Gasteiger partial charge is 0.262 e. The van der Waals surface area contributed by atoms with Gasteiger partial charge in [-0.15, -0.1) is 11.3 Å². The van der Waals surface area contributed by atoms with Gasteiger partial charge in [-0.05, 0) is 38.0 Å². The molecule has 6 heteroatoms. The molecule has 0 bridgehead atoms. The average Bonchev–Trinajstić information content (AvgIpc) is 3.15. The van der Waals surface area contributed by atoms with Crippen LogP contribution in [-0.4, -0.2) is 15.5 Å². The zero-order valence-electron chi connectivity index (χ0n) is 17.2. The van der Waals surface area contributed by atoms with E-state index in [0.717, 1.165) is 27.9 Å². The molecule has 1 amide bonds. The van der Waals surface area contributed by atoms with Crippen LogP contribution < -0.4 is 10.9 Å². The molecule has 2 heterocycles. The fourth-order valence-electron chi connectivity index (χ4n) is 3.46. The molecule has 2 aromatic carbocycles. The van der Waals surface area contributed by atoms with E-state index in [4.69, 9.17) is 0 Å². The number of fused-ring (bicyclic) bond motifs is 1. The van der Waals surface area contributed by atoms with Crippen LogP contribution in [0.15, 0.2) is 59.0 Å². The number of hydrogen-bond donors (Lipinski definition) is 1. The third kappa shape index (κ3) is 4.04. The maximum absolute atomic E-state index is 13.1. The number of carbonyl (C=O) groups excluding carboxylic acids is 1. The molecule has 0 unspecified atom stereocenters. The van der Waals surface area contributed by atoms with Gasteiger partial charge in [0.2, 0.25) is 5.91 Å². The molecule has 0 atom stereocenters. The molecule has 0 spiro atoms. The van der Waals surface area contributed by atoms with Gasteiger partial charge in [-0.2, -0.15) is 0 Å². The number of thiophene rings is 1. The second-order valence-electron chi connectivity index (χ2n) is 7.56. The topological polar surface area (TPSA) is 64.0 Å². The maximum Gasteiger partial charge on any atom is 0.262 e. The minimum Gasteiger partial charge on any atom is -0.326 e. The number of rotatable bonds is 5. The number of aromatic nitrogens is 2. The Balaban J connectivity index is 1.55. The molecule has 2 aromatic heterocycles. The van der Waals surface area contributed by atoms with Crippen LogP contribution in [0.5, 0.6) is 0 Å². The van der Waals surface area contributed by atoms with Crippen molar-refractivity contribution in [3.63, 3.8) is 0 Å². The van der Waals surface area contributed by atoms with Gasteiger partial charge < -0.3 is 5.32 Å². The highest BCUT2D eigenvalue weighted by Gasteiger charge is 2.14. The first-order valence-electron chi connectivity index (χ1n) is 9.83. The Bertz CT molecular complexity index is 1290. The summed E-state index contributed by atoms with van der Waals surface area (Å²) in [6.07, 6.45) is 1.73. The zero-order chi connectivity index (χ0) is 21.3. The molecule has 5 nitrogen and oxygen atoms in total. The molecular weight excluding hydrogens is 394 g/mol. The third-order valence-electron chi connectivity index (χ3n) is 5.16. The van der Waals surface area contributed by atoms with E-state index in [2.05, 4.69) is 10.3 Å². The lowest BCUT2D eigenvalue weighted by atomic mass is 10.1. The first kappa shape index (κ1) is 20.0. The van der Waals surface area contributed by atoms with Crippen molar-refractivity contribution < 1.29 is 4.79 Å². The van der Waals surface area contributed by atoms with Gasteiger partial charge in [0.1, 0.15) is 4.83 Å². The molecular formula is C24H23N3O2S. The highest BCUT2D eigenvalue weighted by Crippen LogP contribution is 2.30. The summed E-state index contributed by atoms with van der Waals surface area (Å²) in [6.45, 7) is 6.30. The van der Waals surface area contributed by atoms with Gasteiger partial charge in [0.05, 0.1) is 11.7 Å². The molecule has 4 rings (SSSR count). The fraction of sp³-hybridized carbons (Fsp3) is 0.208. The lowest BCUT2D eigenvalue weighted by Gasteiger charge is -2.10. The van der Waals surface area contributed by atoms with Crippen LogP contribution in [0.3, 0.4) is 0 Å². The van der Waals surface area contributed by atoms with E-state index in [0.29, 0.717) is 10.2 Å². The molecule has 0 saturated heterocycles. The third-order valence-corrected chi connectivity index (χ3v) is 6.05. The highest BCUT2D eigenvalue weighted by molar-refractivity contribution is 7.17. The van der Waals surface area contributed by atoms with Crippen LogP contribution in [0.1, 0.15) is 23.1 Å². The SMILES string of the molecule is Cc1ccc(-c2csc3ncn(CCC(=O)Nc4ccc(C)cc4C)c(=O)c23)cc1. The second-order valence-corrected chi connectivity index (χ2v) is 8.41. The van der Waals surface area contributed by atoms with Crippen LogP contribution in [0.25, 0.3) is 21.3 Å². The number of carbonyl (C=O) groups is 1. The number of nitrogens with one attached hydrogen (secondary N) is 1. The number of anilines is 1. The first-order chi connectivity index (χ1) is 14.4. The Kier molecular flexibility index (Phi) is 5.50. The predicted octanol–water partition coefficient (Wildman–Crippen LogP) is 5.08. The summed E-state index contributed by atoms with van der Waals surface area (Å²) >= 11 is 1.46. The Hall–Kier alpha value is -3.25. The summed E-state index contributed by atoms with van der Waals surface area (Å²) < 4.78 is 1.52. The van der Waals surface area contributed by atoms with Gasteiger partial charge in [0.25, 0.3) is 5.56 Å². The van der Waals surface area contributed by atoms with Crippen LogP contribution in [0, 0.1) is 20.8 Å². The number of hydrogen-bond acceptors (Lipinski definition) is 4. The van der Waals surface area contributed by atoms with Crippen molar-refractivity contribution in [3.05, 3.63) is 81.2 Å². The van der Waals surface area contributed by atoms with Gasteiger partial charge in [0.15, 0.2) is 0 Å². The molecule has 1 N–H and O–H groups in total. The monoisotopic (exact) mass is 417 g/mol. The summed E-state index contributed by atoms with van der Waals surface area (Å²) in [7, 11) is 0. The van der Waals surface area contributed by atoms with Crippen molar-refractivity contribution in [2.45, 2.75) is 33.7 Å². The van der Waals surface area contributed by atoms with Crippen molar-refractivity contribution in [2.24, 2.45) is 0 Å². The van der Waals surface area contributed by atoms with Gasteiger partial charge >= 0.3 is 0 Å². The summed E-state index contributed by atoms with van der Waals surface area (Å²) in [5.41, 5.74) is 5.91. The summed E-state index contributed by atoms with van der Waals surface area (Å²) in [4.78, 5) is 30.7. The predicted molar refractivity (Wildman–Crippen MR) is 123 cm³/mol. The number of aryl methyl sites for hydroxylation is 4. The van der Waals surface area contributed by atoms with E-state index in [1.165, 1.54) is 27.8 Å². The summed E-state index contributed by atoms with van der Waals surface area (Å²) in [5.74, 6) is -0.127. The average molecular weight is 418 g/mol. The fourth-order valence-corrected chi connectivity index (χ4v) is 4.37. The first-order valence-corrected chi connectivity index (χ1v) is 10.7.